The first-order chi connectivity index (χ1) is 5.92. The number of thiophene rings is 1. The Morgan fingerprint density at radius 2 is 2.58 bits per heavy atom. The van der Waals surface area contributed by atoms with E-state index in [1.165, 1.54) is 16.0 Å². The van der Waals surface area contributed by atoms with Gasteiger partial charge in [0.15, 0.2) is 0 Å². The molecule has 0 fully saturated rings. The Balaban J connectivity index is 2.25. The zero-order chi connectivity index (χ0) is 8.39. The quantitative estimate of drug-likeness (QED) is 0.751. The van der Waals surface area contributed by atoms with Gasteiger partial charge >= 0.3 is 0 Å². The summed E-state index contributed by atoms with van der Waals surface area (Å²) < 4.78 is 5.38. The predicted molar refractivity (Wildman–Crippen MR) is 50.4 cm³/mol. The number of ether oxygens (including phenoxy) is 1. The molecule has 1 aliphatic heterocycles. The molecule has 0 bridgehead atoms. The summed E-state index contributed by atoms with van der Waals surface area (Å²) in [6, 6.07) is 0. The Hall–Kier alpha value is -0.380. The minimum atomic E-state index is 0.823. The largest absolute Gasteiger partial charge is 0.376 e. The van der Waals surface area contributed by atoms with Gasteiger partial charge in [-0.05, 0) is 30.0 Å². The highest BCUT2D eigenvalue weighted by Gasteiger charge is 2.14. The second kappa shape index (κ2) is 3.56. The van der Waals surface area contributed by atoms with Gasteiger partial charge in [0.2, 0.25) is 0 Å². The standard InChI is InChI=1S/C9H13NOS/c1-10-4-7-6-12-9-5-11-3-2-8(7)9/h6,10H,2-5H2,1H3. The van der Waals surface area contributed by atoms with Crippen LogP contribution in [0.15, 0.2) is 5.38 Å². The average molecular weight is 183 g/mol. The third-order valence-electron chi connectivity index (χ3n) is 2.16. The third-order valence-corrected chi connectivity index (χ3v) is 3.22. The normalized spacial score (nSPS) is 16.1. The molecule has 0 amide bonds. The van der Waals surface area contributed by atoms with Crippen LogP contribution in [-0.2, 0) is 24.3 Å². The molecule has 1 N–H and O–H groups in total. The molecule has 2 nitrogen and oxygen atoms in total. The van der Waals surface area contributed by atoms with Crippen molar-refractivity contribution >= 4 is 11.3 Å². The van der Waals surface area contributed by atoms with E-state index in [9.17, 15) is 0 Å². The van der Waals surface area contributed by atoms with Gasteiger partial charge in [-0.25, -0.2) is 0 Å². The molecule has 0 atom stereocenters. The molecule has 0 spiro atoms. The molecule has 2 heterocycles. The Kier molecular flexibility index (Phi) is 2.44. The van der Waals surface area contributed by atoms with Crippen LogP contribution in [0.5, 0.6) is 0 Å². The summed E-state index contributed by atoms with van der Waals surface area (Å²) in [5.74, 6) is 0. The van der Waals surface area contributed by atoms with Crippen molar-refractivity contribution in [1.82, 2.24) is 5.32 Å². The SMILES string of the molecule is CNCc1csc2c1CCOC2. The van der Waals surface area contributed by atoms with Crippen molar-refractivity contribution in [3.63, 3.8) is 0 Å². The maximum Gasteiger partial charge on any atom is 0.0812 e. The van der Waals surface area contributed by atoms with Crippen molar-refractivity contribution < 1.29 is 4.74 Å². The molecule has 0 aromatic carbocycles. The van der Waals surface area contributed by atoms with Crippen molar-refractivity contribution in [2.75, 3.05) is 13.7 Å². The van der Waals surface area contributed by atoms with Gasteiger partial charge in [0.25, 0.3) is 0 Å². The summed E-state index contributed by atoms with van der Waals surface area (Å²) in [7, 11) is 1.99. The maximum absolute atomic E-state index is 5.38. The molecule has 0 aliphatic carbocycles. The van der Waals surface area contributed by atoms with Gasteiger partial charge in [-0.15, -0.1) is 11.3 Å². The second-order valence-corrected chi connectivity index (χ2v) is 3.96. The summed E-state index contributed by atoms with van der Waals surface area (Å²) in [4.78, 5) is 1.42. The van der Waals surface area contributed by atoms with Crippen LogP contribution in [0, 0.1) is 0 Å². The molecule has 12 heavy (non-hydrogen) atoms. The van der Waals surface area contributed by atoms with Crippen molar-refractivity contribution in [1.29, 1.82) is 0 Å². The Labute approximate surface area is 76.6 Å². The van der Waals surface area contributed by atoms with Gasteiger partial charge in [0.05, 0.1) is 13.2 Å². The molecule has 1 aromatic heterocycles. The molecule has 3 heteroatoms. The first-order valence-corrected chi connectivity index (χ1v) is 5.10. The lowest BCUT2D eigenvalue weighted by Gasteiger charge is -2.13. The Morgan fingerprint density at radius 3 is 3.42 bits per heavy atom. The Morgan fingerprint density at radius 1 is 1.67 bits per heavy atom. The number of hydrogen-bond donors (Lipinski definition) is 1. The van der Waals surface area contributed by atoms with E-state index >= 15 is 0 Å². The molecular weight excluding hydrogens is 170 g/mol. The van der Waals surface area contributed by atoms with Crippen molar-refractivity contribution in [2.45, 2.75) is 19.6 Å². The lowest BCUT2D eigenvalue weighted by molar-refractivity contribution is 0.113. The zero-order valence-corrected chi connectivity index (χ0v) is 8.04. The molecule has 0 saturated carbocycles. The molecule has 1 aromatic rings. The van der Waals surface area contributed by atoms with E-state index in [2.05, 4.69) is 10.7 Å². The van der Waals surface area contributed by atoms with Crippen LogP contribution < -0.4 is 5.32 Å². The van der Waals surface area contributed by atoms with E-state index < -0.39 is 0 Å². The summed E-state index contributed by atoms with van der Waals surface area (Å²) in [5, 5.41) is 5.43. The number of hydrogen-bond acceptors (Lipinski definition) is 3. The lowest BCUT2D eigenvalue weighted by Crippen LogP contribution is -2.12. The maximum atomic E-state index is 5.38. The fourth-order valence-electron chi connectivity index (χ4n) is 1.56. The van der Waals surface area contributed by atoms with Gasteiger partial charge in [0.1, 0.15) is 0 Å². The highest BCUT2D eigenvalue weighted by molar-refractivity contribution is 7.10. The number of rotatable bonds is 2. The highest BCUT2D eigenvalue weighted by Crippen LogP contribution is 2.26. The van der Waals surface area contributed by atoms with Crippen LogP contribution in [-0.4, -0.2) is 13.7 Å². The van der Waals surface area contributed by atoms with Gasteiger partial charge in [-0.2, -0.15) is 0 Å². The molecule has 2 rings (SSSR count). The molecule has 1 aliphatic rings. The van der Waals surface area contributed by atoms with Crippen molar-refractivity contribution in [3.05, 3.63) is 21.4 Å². The smallest absolute Gasteiger partial charge is 0.0812 e. The molecule has 0 unspecified atom stereocenters. The van der Waals surface area contributed by atoms with E-state index in [-0.39, 0.29) is 0 Å². The van der Waals surface area contributed by atoms with E-state index in [4.69, 9.17) is 4.74 Å². The van der Waals surface area contributed by atoms with Crippen LogP contribution in [0.4, 0.5) is 0 Å². The third kappa shape index (κ3) is 1.40. The van der Waals surface area contributed by atoms with Gasteiger partial charge < -0.3 is 10.1 Å². The lowest BCUT2D eigenvalue weighted by atomic mass is 10.1. The molecule has 0 saturated heterocycles. The topological polar surface area (TPSA) is 21.3 Å². The molecular formula is C9H13NOS. The zero-order valence-electron chi connectivity index (χ0n) is 7.22. The van der Waals surface area contributed by atoms with Crippen LogP contribution in [0.1, 0.15) is 16.0 Å². The fraction of sp³-hybridized carbons (Fsp3) is 0.556. The first-order valence-electron chi connectivity index (χ1n) is 4.22. The molecule has 66 valence electrons. The van der Waals surface area contributed by atoms with Crippen molar-refractivity contribution in [2.24, 2.45) is 0 Å². The number of nitrogens with one attached hydrogen (secondary N) is 1. The summed E-state index contributed by atoms with van der Waals surface area (Å²) in [6.45, 7) is 2.70. The van der Waals surface area contributed by atoms with Crippen LogP contribution >= 0.6 is 11.3 Å². The minimum absolute atomic E-state index is 0.823. The monoisotopic (exact) mass is 183 g/mol. The number of fused-ring (bicyclic) bond motifs is 1. The van der Waals surface area contributed by atoms with Gasteiger partial charge in [0, 0.05) is 11.4 Å². The van der Waals surface area contributed by atoms with Crippen LogP contribution in [0.25, 0.3) is 0 Å². The van der Waals surface area contributed by atoms with Crippen molar-refractivity contribution in [3.8, 4) is 0 Å². The highest BCUT2D eigenvalue weighted by atomic mass is 32.1. The summed E-state index contributed by atoms with van der Waals surface area (Å²) >= 11 is 1.83. The summed E-state index contributed by atoms with van der Waals surface area (Å²) in [5.41, 5.74) is 2.99. The van der Waals surface area contributed by atoms with Crippen LogP contribution in [0.3, 0.4) is 0 Å². The van der Waals surface area contributed by atoms with Gasteiger partial charge in [-0.1, -0.05) is 0 Å². The van der Waals surface area contributed by atoms with E-state index in [1.54, 1.807) is 0 Å². The second-order valence-electron chi connectivity index (χ2n) is 3.00. The van der Waals surface area contributed by atoms with E-state index in [1.807, 2.05) is 18.4 Å². The minimum Gasteiger partial charge on any atom is -0.376 e. The molecule has 0 radical (unpaired) electrons. The average Bonchev–Trinajstić information content (AvgIpc) is 2.50. The van der Waals surface area contributed by atoms with E-state index in [0.717, 1.165) is 26.2 Å². The van der Waals surface area contributed by atoms with Crippen LogP contribution in [0.2, 0.25) is 0 Å². The Bertz CT molecular complexity index is 269. The van der Waals surface area contributed by atoms with Gasteiger partial charge in [-0.3, -0.25) is 0 Å². The predicted octanol–water partition coefficient (Wildman–Crippen LogP) is 1.54. The van der Waals surface area contributed by atoms with E-state index in [0.29, 0.717) is 0 Å². The fourth-order valence-corrected chi connectivity index (χ4v) is 2.60. The first kappa shape index (κ1) is 8.23. The summed E-state index contributed by atoms with van der Waals surface area (Å²) in [6.07, 6.45) is 1.09.